The second kappa shape index (κ2) is 20.7. The van der Waals surface area contributed by atoms with Gasteiger partial charge in [-0.25, -0.2) is 9.59 Å². The molecule has 12 nitrogen and oxygen atoms in total. The van der Waals surface area contributed by atoms with E-state index in [0.29, 0.717) is 35.0 Å². The lowest BCUT2D eigenvalue weighted by molar-refractivity contribution is -0.0910. The minimum absolute atomic E-state index is 0.0595. The summed E-state index contributed by atoms with van der Waals surface area (Å²) >= 11 is 19.8. The van der Waals surface area contributed by atoms with Crippen molar-refractivity contribution in [2.45, 2.75) is 54.0 Å². The molecule has 18 heteroatoms. The summed E-state index contributed by atoms with van der Waals surface area (Å²) in [5.74, 6) is 2.43. The Morgan fingerprint density at radius 3 is 2.09 bits per heavy atom. The molecule has 4 aromatic rings. The molecule has 2 saturated heterocycles. The van der Waals surface area contributed by atoms with Crippen LogP contribution < -0.4 is 20.7 Å². The van der Waals surface area contributed by atoms with Gasteiger partial charge in [-0.3, -0.25) is 19.0 Å². The van der Waals surface area contributed by atoms with E-state index in [1.807, 2.05) is 78.9 Å². The fourth-order valence-electron chi connectivity index (χ4n) is 6.79. The summed E-state index contributed by atoms with van der Waals surface area (Å²) in [5.41, 5.74) is 0.792. The number of methoxy groups -OCH3 is 2. The van der Waals surface area contributed by atoms with Crippen LogP contribution in [0.25, 0.3) is 0 Å². The molecule has 0 spiro atoms. The Kier molecular flexibility index (Phi) is 16.0. The normalized spacial score (nSPS) is 19.2. The third-order valence-electron chi connectivity index (χ3n) is 9.67. The topological polar surface area (TPSA) is 131 Å². The monoisotopic (exact) mass is 911 g/mol. The standard InChI is InChI=1S/C40H45Cl3N3O9PS2/c1-27-24-46(37(48)44-36(27)47)35-23-33(55-56(45-19-7-8-20-45)58-22-21-57-38(49)52-26-39(41,42)43)34(54-35)25-53-40(28-9-5-4-6-10-28,29-11-15-31(50-2)16-12-29)30-13-17-32(51-3)18-14-30/h4-6,9-18,24,33-35H,7-8,19-23,25-26H2,1-3H3,(H,44,47,48)/t33-,34+,35+,56?/m0/s1. The number of halogens is 3. The Bertz CT molecular complexity index is 2020. The first-order valence-corrected chi connectivity index (χ1v) is 23.5. The van der Waals surface area contributed by atoms with Gasteiger partial charge in [0.2, 0.25) is 3.79 Å². The number of thioether (sulfide) groups is 1. The van der Waals surface area contributed by atoms with Gasteiger partial charge in [-0.2, -0.15) is 0 Å². The summed E-state index contributed by atoms with van der Waals surface area (Å²) in [6.07, 6.45) is 1.98. The molecule has 2 aliphatic rings. The lowest BCUT2D eigenvalue weighted by Gasteiger charge is -2.37. The Balaban J connectivity index is 1.32. The molecule has 0 amide bonds. The van der Waals surface area contributed by atoms with E-state index in [-0.39, 0.29) is 13.2 Å². The Labute approximate surface area is 361 Å². The van der Waals surface area contributed by atoms with Crippen LogP contribution in [0.5, 0.6) is 11.5 Å². The van der Waals surface area contributed by atoms with Gasteiger partial charge in [-0.1, -0.05) is 101 Å². The van der Waals surface area contributed by atoms with Gasteiger partial charge in [-0.15, -0.1) is 0 Å². The number of nitrogens with zero attached hydrogens (tertiary/aromatic N) is 2. The number of rotatable bonds is 17. The smallest absolute Gasteiger partial charge is 0.367 e. The van der Waals surface area contributed by atoms with Gasteiger partial charge < -0.3 is 28.2 Å². The van der Waals surface area contributed by atoms with E-state index >= 15 is 0 Å². The summed E-state index contributed by atoms with van der Waals surface area (Å²) in [7, 11) is 2.02. The second-order valence-corrected chi connectivity index (χ2v) is 20.7. The summed E-state index contributed by atoms with van der Waals surface area (Å²) in [4.78, 5) is 40.3. The third-order valence-corrected chi connectivity index (χ3v) is 15.1. The highest BCUT2D eigenvalue weighted by Crippen LogP contribution is 2.58. The maximum absolute atomic E-state index is 13.2. The van der Waals surface area contributed by atoms with Crippen molar-refractivity contribution < 1.29 is 33.0 Å². The highest BCUT2D eigenvalue weighted by Gasteiger charge is 2.44. The number of carbonyl (C=O) groups is 1. The van der Waals surface area contributed by atoms with E-state index in [1.165, 1.54) is 10.8 Å². The molecule has 3 heterocycles. The first-order valence-electron chi connectivity index (χ1n) is 18.6. The van der Waals surface area contributed by atoms with Gasteiger partial charge >= 0.3 is 11.0 Å². The zero-order chi connectivity index (χ0) is 41.3. The number of aromatic amines is 1. The van der Waals surface area contributed by atoms with Crippen LogP contribution in [0.1, 0.15) is 47.7 Å². The summed E-state index contributed by atoms with van der Waals surface area (Å²) in [6.45, 7) is 3.08. The molecular formula is C40H45Cl3N3O9PS2. The third kappa shape index (κ3) is 11.3. The predicted molar refractivity (Wildman–Crippen MR) is 232 cm³/mol. The molecule has 0 saturated carbocycles. The van der Waals surface area contributed by atoms with Crippen molar-refractivity contribution in [1.82, 2.24) is 14.2 Å². The van der Waals surface area contributed by atoms with Gasteiger partial charge in [0, 0.05) is 42.8 Å². The van der Waals surface area contributed by atoms with Crippen molar-refractivity contribution >= 4 is 70.7 Å². The fourth-order valence-corrected chi connectivity index (χ4v) is 12.1. The largest absolute Gasteiger partial charge is 0.497 e. The Morgan fingerprint density at radius 1 is 0.897 bits per heavy atom. The molecule has 312 valence electrons. The van der Waals surface area contributed by atoms with E-state index in [1.54, 1.807) is 32.5 Å². The van der Waals surface area contributed by atoms with E-state index in [9.17, 15) is 14.4 Å². The average Bonchev–Trinajstić information content (AvgIpc) is 3.91. The Hall–Kier alpha value is -2.75. The molecule has 2 fully saturated rings. The Morgan fingerprint density at radius 2 is 1.50 bits per heavy atom. The molecule has 1 unspecified atom stereocenters. The highest BCUT2D eigenvalue weighted by atomic mass is 35.6. The van der Waals surface area contributed by atoms with Gasteiger partial charge in [-0.05, 0) is 72.5 Å². The van der Waals surface area contributed by atoms with Crippen molar-refractivity contribution in [2.75, 3.05) is 52.0 Å². The second-order valence-electron chi connectivity index (χ2n) is 13.5. The minimum Gasteiger partial charge on any atom is -0.497 e. The van der Waals surface area contributed by atoms with E-state index in [0.717, 1.165) is 54.4 Å². The quantitative estimate of drug-likeness (QED) is 0.0357. The number of carbonyl (C=O) groups excluding carboxylic acids is 1. The van der Waals surface area contributed by atoms with Crippen LogP contribution in [0, 0.1) is 6.92 Å². The van der Waals surface area contributed by atoms with Crippen LogP contribution in [0.15, 0.2) is 94.6 Å². The van der Waals surface area contributed by atoms with Crippen LogP contribution in [0.2, 0.25) is 0 Å². The number of hydrogen-bond acceptors (Lipinski definition) is 12. The van der Waals surface area contributed by atoms with E-state index < -0.39 is 51.9 Å². The SMILES string of the molecule is COc1ccc(C(OC[C@H]2O[C@@H](n3cc(C)c(=O)[nH]c3=O)C[C@@H]2OP(SCCSC(=O)OCC(Cl)(Cl)Cl)N2CCCC2)(c2ccccc2)c2ccc(OC)cc2)cc1. The van der Waals surface area contributed by atoms with Gasteiger partial charge in [0.05, 0.1) is 26.9 Å². The molecule has 4 atom stereocenters. The molecule has 2 aliphatic heterocycles. The molecule has 1 aromatic heterocycles. The van der Waals surface area contributed by atoms with E-state index in [4.69, 9.17) is 63.0 Å². The van der Waals surface area contributed by atoms with Crippen LogP contribution in [-0.4, -0.2) is 87.6 Å². The van der Waals surface area contributed by atoms with Crippen LogP contribution in [-0.2, 0) is 24.3 Å². The molecule has 0 bridgehead atoms. The summed E-state index contributed by atoms with van der Waals surface area (Å²) in [6, 6.07) is 25.5. The maximum Gasteiger partial charge on any atom is 0.367 e. The molecule has 6 rings (SSSR count). The molecular weight excluding hydrogens is 868 g/mol. The first kappa shape index (κ1) is 44.8. The minimum atomic E-state index is -1.69. The van der Waals surface area contributed by atoms with Crippen molar-refractivity contribution in [1.29, 1.82) is 0 Å². The number of ether oxygens (including phenoxy) is 5. The van der Waals surface area contributed by atoms with Crippen LogP contribution in [0.3, 0.4) is 0 Å². The number of alkyl halides is 3. The van der Waals surface area contributed by atoms with Crippen LogP contribution >= 0.6 is 65.4 Å². The van der Waals surface area contributed by atoms with Crippen molar-refractivity contribution in [3.05, 3.63) is 128 Å². The number of H-pyrrole nitrogens is 1. The number of hydrogen-bond donors (Lipinski definition) is 1. The predicted octanol–water partition coefficient (Wildman–Crippen LogP) is 8.84. The van der Waals surface area contributed by atoms with Crippen LogP contribution in [0.4, 0.5) is 4.79 Å². The fraction of sp³-hybridized carbons (Fsp3) is 0.425. The molecule has 0 aliphatic carbocycles. The molecule has 1 N–H and O–H groups in total. The van der Waals surface area contributed by atoms with Crippen molar-refractivity contribution in [3.8, 4) is 11.5 Å². The number of aromatic nitrogens is 2. The number of benzene rings is 3. The average molecular weight is 913 g/mol. The van der Waals surface area contributed by atoms with Gasteiger partial charge in [0.25, 0.3) is 5.56 Å². The zero-order valence-electron chi connectivity index (χ0n) is 32.1. The summed E-state index contributed by atoms with van der Waals surface area (Å²) in [5, 5.41) is -0.528. The van der Waals surface area contributed by atoms with E-state index in [2.05, 4.69) is 9.65 Å². The first-order chi connectivity index (χ1) is 27.9. The lowest BCUT2D eigenvalue weighted by Crippen LogP contribution is -2.38. The molecule has 3 aromatic carbocycles. The molecule has 0 radical (unpaired) electrons. The van der Waals surface area contributed by atoms with Gasteiger partial charge in [0.1, 0.15) is 36.0 Å². The lowest BCUT2D eigenvalue weighted by atomic mass is 9.80. The number of aryl methyl sites for hydroxylation is 1. The molecule has 58 heavy (non-hydrogen) atoms. The maximum atomic E-state index is 13.2. The zero-order valence-corrected chi connectivity index (χ0v) is 36.9. The van der Waals surface area contributed by atoms with Crippen molar-refractivity contribution in [2.24, 2.45) is 0 Å². The van der Waals surface area contributed by atoms with Crippen molar-refractivity contribution in [3.63, 3.8) is 0 Å². The van der Waals surface area contributed by atoms with Gasteiger partial charge in [0.15, 0.2) is 7.50 Å². The highest BCUT2D eigenvalue weighted by molar-refractivity contribution is 8.53. The number of nitrogens with one attached hydrogen (secondary N) is 1. The summed E-state index contributed by atoms with van der Waals surface area (Å²) < 4.78 is 39.2.